The van der Waals surface area contributed by atoms with Gasteiger partial charge in [0.15, 0.2) is 15.1 Å². The number of hydrogen-bond donors (Lipinski definition) is 1. The van der Waals surface area contributed by atoms with Gasteiger partial charge in [-0.25, -0.2) is 18.1 Å². The average Bonchev–Trinajstić information content (AvgIpc) is 2.98. The lowest BCUT2D eigenvalue weighted by molar-refractivity contribution is 0.559. The SMILES string of the molecule is CC(NS(=O)(=O)c1c(Cl)nc2sccn12)c1ccccn1. The molecule has 1 N–H and O–H groups in total. The van der Waals surface area contributed by atoms with Crippen molar-refractivity contribution < 1.29 is 8.42 Å². The van der Waals surface area contributed by atoms with Crippen LogP contribution in [0.1, 0.15) is 18.7 Å². The Kier molecular flexibility index (Phi) is 3.70. The highest BCUT2D eigenvalue weighted by atomic mass is 35.5. The van der Waals surface area contributed by atoms with E-state index < -0.39 is 16.1 Å². The first-order valence-electron chi connectivity index (χ1n) is 6.03. The molecule has 3 aromatic rings. The highest BCUT2D eigenvalue weighted by molar-refractivity contribution is 7.89. The molecule has 0 saturated heterocycles. The highest BCUT2D eigenvalue weighted by Crippen LogP contribution is 2.26. The average molecular weight is 343 g/mol. The highest BCUT2D eigenvalue weighted by Gasteiger charge is 2.27. The Balaban J connectivity index is 1.98. The number of halogens is 1. The maximum Gasteiger partial charge on any atom is 0.260 e. The second kappa shape index (κ2) is 5.38. The number of nitrogens with zero attached hydrogens (tertiary/aromatic N) is 3. The summed E-state index contributed by atoms with van der Waals surface area (Å²) >= 11 is 7.28. The van der Waals surface area contributed by atoms with Crippen LogP contribution in [0.5, 0.6) is 0 Å². The molecule has 0 bridgehead atoms. The number of rotatable bonds is 4. The summed E-state index contributed by atoms with van der Waals surface area (Å²) in [7, 11) is -3.81. The van der Waals surface area contributed by atoms with Crippen molar-refractivity contribution in [3.8, 4) is 0 Å². The Morgan fingerprint density at radius 2 is 2.24 bits per heavy atom. The van der Waals surface area contributed by atoms with Crippen molar-refractivity contribution in [2.45, 2.75) is 18.0 Å². The summed E-state index contributed by atoms with van der Waals surface area (Å²) in [4.78, 5) is 8.70. The minimum Gasteiger partial charge on any atom is -0.279 e. The minimum absolute atomic E-state index is 0.0393. The van der Waals surface area contributed by atoms with E-state index in [0.717, 1.165) is 0 Å². The van der Waals surface area contributed by atoms with Crippen molar-refractivity contribution in [1.82, 2.24) is 19.1 Å². The van der Waals surface area contributed by atoms with Gasteiger partial charge in [0.05, 0.1) is 11.7 Å². The van der Waals surface area contributed by atoms with E-state index in [2.05, 4.69) is 14.7 Å². The lowest BCUT2D eigenvalue weighted by atomic mass is 10.2. The quantitative estimate of drug-likeness (QED) is 0.790. The van der Waals surface area contributed by atoms with Gasteiger partial charge in [-0.3, -0.25) is 9.38 Å². The van der Waals surface area contributed by atoms with Crippen LogP contribution in [0.15, 0.2) is 41.0 Å². The van der Waals surface area contributed by atoms with Crippen LogP contribution in [0.2, 0.25) is 5.15 Å². The van der Waals surface area contributed by atoms with Crippen molar-refractivity contribution in [3.05, 3.63) is 46.8 Å². The van der Waals surface area contributed by atoms with Gasteiger partial charge in [-0.2, -0.15) is 0 Å². The molecule has 1 unspecified atom stereocenters. The van der Waals surface area contributed by atoms with Crippen molar-refractivity contribution in [3.63, 3.8) is 0 Å². The first-order chi connectivity index (χ1) is 9.99. The summed E-state index contributed by atoms with van der Waals surface area (Å²) < 4.78 is 29.1. The van der Waals surface area contributed by atoms with Gasteiger partial charge in [0.25, 0.3) is 10.0 Å². The van der Waals surface area contributed by atoms with Gasteiger partial charge in [0, 0.05) is 17.8 Å². The van der Waals surface area contributed by atoms with Crippen LogP contribution >= 0.6 is 22.9 Å². The zero-order valence-corrected chi connectivity index (χ0v) is 13.3. The molecule has 0 fully saturated rings. The van der Waals surface area contributed by atoms with Crippen LogP contribution in [-0.4, -0.2) is 22.8 Å². The van der Waals surface area contributed by atoms with Crippen molar-refractivity contribution in [2.75, 3.05) is 0 Å². The van der Waals surface area contributed by atoms with Gasteiger partial charge in [0.1, 0.15) is 0 Å². The molecule has 1 atom stereocenters. The zero-order chi connectivity index (χ0) is 15.0. The van der Waals surface area contributed by atoms with Gasteiger partial charge < -0.3 is 0 Å². The molecule has 0 spiro atoms. The van der Waals surface area contributed by atoms with E-state index in [0.29, 0.717) is 10.7 Å². The molecular formula is C12H11ClN4O2S2. The third kappa shape index (κ3) is 2.67. The van der Waals surface area contributed by atoms with Gasteiger partial charge in [-0.05, 0) is 19.1 Å². The Morgan fingerprint density at radius 1 is 1.43 bits per heavy atom. The summed E-state index contributed by atoms with van der Waals surface area (Å²) in [5, 5.41) is 1.66. The van der Waals surface area contributed by atoms with Gasteiger partial charge in [-0.15, -0.1) is 11.3 Å². The molecule has 6 nitrogen and oxygen atoms in total. The second-order valence-electron chi connectivity index (χ2n) is 4.36. The molecule has 0 saturated carbocycles. The van der Waals surface area contributed by atoms with Crippen molar-refractivity contribution >= 4 is 37.9 Å². The number of aromatic nitrogens is 3. The first-order valence-corrected chi connectivity index (χ1v) is 8.77. The Bertz CT molecular complexity index is 873. The molecule has 21 heavy (non-hydrogen) atoms. The predicted octanol–water partition coefficient (Wildman–Crippen LogP) is 2.48. The third-order valence-electron chi connectivity index (χ3n) is 2.90. The minimum atomic E-state index is -3.81. The lowest BCUT2D eigenvalue weighted by Gasteiger charge is -2.13. The van der Waals surface area contributed by atoms with Crippen LogP contribution in [0.4, 0.5) is 0 Å². The fraction of sp³-hybridized carbons (Fsp3) is 0.167. The van der Waals surface area contributed by atoms with Gasteiger partial charge >= 0.3 is 0 Å². The maximum atomic E-state index is 12.5. The topological polar surface area (TPSA) is 76.4 Å². The number of imidazole rings is 1. The van der Waals surface area contributed by atoms with Crippen LogP contribution in [0.3, 0.4) is 0 Å². The number of nitrogens with one attached hydrogen (secondary N) is 1. The zero-order valence-electron chi connectivity index (χ0n) is 10.9. The van der Waals surface area contributed by atoms with Crippen LogP contribution in [0.25, 0.3) is 4.96 Å². The number of thiazole rings is 1. The normalized spacial score (nSPS) is 13.6. The van der Waals surface area contributed by atoms with E-state index in [1.54, 1.807) is 42.9 Å². The molecule has 3 aromatic heterocycles. The summed E-state index contributed by atoms with van der Waals surface area (Å²) in [6, 6.07) is 4.85. The molecule has 0 aliphatic carbocycles. The van der Waals surface area contributed by atoms with E-state index in [9.17, 15) is 8.42 Å². The Labute approximate surface area is 130 Å². The Morgan fingerprint density at radius 3 is 2.95 bits per heavy atom. The largest absolute Gasteiger partial charge is 0.279 e. The van der Waals surface area contributed by atoms with Crippen molar-refractivity contribution in [2.24, 2.45) is 0 Å². The molecule has 0 aliphatic heterocycles. The summed E-state index contributed by atoms with van der Waals surface area (Å²) in [6.45, 7) is 1.72. The van der Waals surface area contributed by atoms with Gasteiger partial charge in [-0.1, -0.05) is 17.7 Å². The van der Waals surface area contributed by atoms with E-state index in [4.69, 9.17) is 11.6 Å². The second-order valence-corrected chi connectivity index (χ2v) is 7.22. The standard InChI is InChI=1S/C12H11ClN4O2S2/c1-8(9-4-2-3-5-14-9)16-21(18,19)11-10(13)15-12-17(11)6-7-20-12/h2-8,16H,1H3. The first kappa shape index (κ1) is 14.5. The lowest BCUT2D eigenvalue weighted by Crippen LogP contribution is -2.28. The molecule has 110 valence electrons. The molecule has 0 aromatic carbocycles. The molecular weight excluding hydrogens is 332 g/mol. The number of sulfonamides is 1. The van der Waals surface area contributed by atoms with E-state index in [1.807, 2.05) is 0 Å². The molecule has 0 amide bonds. The maximum absolute atomic E-state index is 12.5. The number of hydrogen-bond acceptors (Lipinski definition) is 5. The molecule has 9 heteroatoms. The number of fused-ring (bicyclic) bond motifs is 1. The summed E-state index contributed by atoms with van der Waals surface area (Å²) in [5.41, 5.74) is 0.628. The van der Waals surface area contributed by atoms with E-state index in [-0.39, 0.29) is 10.2 Å². The van der Waals surface area contributed by atoms with E-state index in [1.165, 1.54) is 15.7 Å². The van der Waals surface area contributed by atoms with Crippen LogP contribution < -0.4 is 4.72 Å². The summed E-state index contributed by atoms with van der Waals surface area (Å²) in [5.74, 6) is 0. The smallest absolute Gasteiger partial charge is 0.260 e. The predicted molar refractivity (Wildman–Crippen MR) is 81.1 cm³/mol. The van der Waals surface area contributed by atoms with Crippen LogP contribution in [-0.2, 0) is 10.0 Å². The fourth-order valence-electron chi connectivity index (χ4n) is 1.96. The molecule has 3 heterocycles. The van der Waals surface area contributed by atoms with Crippen LogP contribution in [0, 0.1) is 0 Å². The Hall–Kier alpha value is -1.48. The molecule has 3 rings (SSSR count). The molecule has 0 radical (unpaired) electrons. The van der Waals surface area contributed by atoms with E-state index >= 15 is 0 Å². The van der Waals surface area contributed by atoms with Gasteiger partial charge in [0.2, 0.25) is 0 Å². The van der Waals surface area contributed by atoms with Crippen molar-refractivity contribution in [1.29, 1.82) is 0 Å². The number of pyridine rings is 1. The fourth-order valence-corrected chi connectivity index (χ4v) is 4.63. The monoisotopic (exact) mass is 342 g/mol. The molecule has 0 aliphatic rings. The third-order valence-corrected chi connectivity index (χ3v) is 5.59. The summed E-state index contributed by atoms with van der Waals surface area (Å²) in [6.07, 6.45) is 3.24.